The van der Waals surface area contributed by atoms with Gasteiger partial charge in [-0.05, 0) is 18.1 Å². The second kappa shape index (κ2) is 7.42. The number of ether oxygens (including phenoxy) is 1. The van der Waals surface area contributed by atoms with Gasteiger partial charge in [-0.2, -0.15) is 0 Å². The van der Waals surface area contributed by atoms with Crippen LogP contribution in [0.5, 0.6) is 5.75 Å². The van der Waals surface area contributed by atoms with Crippen molar-refractivity contribution in [3.05, 3.63) is 35.4 Å². The summed E-state index contributed by atoms with van der Waals surface area (Å²) in [4.78, 5) is 0. The fourth-order valence-corrected chi connectivity index (χ4v) is 2.91. The second-order valence-electron chi connectivity index (χ2n) is 4.50. The maximum Gasteiger partial charge on any atom is 0.191 e. The molecule has 0 atom stereocenters. The highest BCUT2D eigenvalue weighted by molar-refractivity contribution is 7.98. The fraction of sp³-hybridized carbons (Fsp3) is 0.429. The Hall–Kier alpha value is -1.60. The van der Waals surface area contributed by atoms with Crippen molar-refractivity contribution in [2.75, 3.05) is 7.11 Å². The number of hydrogen-bond donors (Lipinski definition) is 1. The van der Waals surface area contributed by atoms with E-state index in [-0.39, 0.29) is 5.82 Å². The number of benzene rings is 1. The van der Waals surface area contributed by atoms with E-state index in [2.05, 4.69) is 17.1 Å². The van der Waals surface area contributed by atoms with Crippen molar-refractivity contribution in [1.29, 1.82) is 0 Å². The van der Waals surface area contributed by atoms with Gasteiger partial charge in [-0.15, -0.1) is 10.2 Å². The molecule has 0 bridgehead atoms. The Balaban J connectivity index is 2.11. The molecule has 1 heterocycles. The molecule has 21 heavy (non-hydrogen) atoms. The predicted octanol–water partition coefficient (Wildman–Crippen LogP) is 2.59. The Labute approximate surface area is 127 Å². The van der Waals surface area contributed by atoms with Crippen molar-refractivity contribution in [1.82, 2.24) is 14.8 Å². The van der Waals surface area contributed by atoms with Crippen molar-refractivity contribution in [2.45, 2.75) is 37.3 Å². The third-order valence-electron chi connectivity index (χ3n) is 3.04. The first-order chi connectivity index (χ1) is 10.2. The monoisotopic (exact) mass is 310 g/mol. The van der Waals surface area contributed by atoms with Crippen LogP contribution in [0.4, 0.5) is 4.39 Å². The average Bonchev–Trinajstić information content (AvgIpc) is 2.88. The van der Waals surface area contributed by atoms with E-state index in [4.69, 9.17) is 10.5 Å². The molecule has 0 fully saturated rings. The number of methoxy groups -OCH3 is 1. The van der Waals surface area contributed by atoms with Crippen LogP contribution in [-0.4, -0.2) is 21.9 Å². The van der Waals surface area contributed by atoms with Gasteiger partial charge in [-0.25, -0.2) is 4.39 Å². The zero-order valence-electron chi connectivity index (χ0n) is 12.2. The zero-order valence-corrected chi connectivity index (χ0v) is 13.0. The Morgan fingerprint density at radius 2 is 2.19 bits per heavy atom. The zero-order chi connectivity index (χ0) is 15.2. The van der Waals surface area contributed by atoms with Gasteiger partial charge < -0.3 is 15.0 Å². The van der Waals surface area contributed by atoms with Crippen LogP contribution in [0.1, 0.15) is 24.7 Å². The molecule has 0 saturated heterocycles. The van der Waals surface area contributed by atoms with E-state index in [1.54, 1.807) is 12.1 Å². The van der Waals surface area contributed by atoms with Crippen LogP contribution in [0.25, 0.3) is 0 Å². The topological polar surface area (TPSA) is 66.0 Å². The molecule has 0 aliphatic rings. The molecule has 0 aliphatic carbocycles. The summed E-state index contributed by atoms with van der Waals surface area (Å²) in [6.07, 6.45) is 0.968. The molecule has 2 rings (SSSR count). The molecule has 0 amide bonds. The molecular formula is C14H19FN4OS. The summed E-state index contributed by atoms with van der Waals surface area (Å²) in [7, 11) is 1.52. The predicted molar refractivity (Wildman–Crippen MR) is 80.7 cm³/mol. The van der Waals surface area contributed by atoms with Crippen molar-refractivity contribution >= 4 is 11.8 Å². The number of hydrogen-bond acceptors (Lipinski definition) is 5. The van der Waals surface area contributed by atoms with Gasteiger partial charge in [-0.3, -0.25) is 0 Å². The first-order valence-corrected chi connectivity index (χ1v) is 7.75. The molecule has 0 saturated carbocycles. The Kier molecular flexibility index (Phi) is 5.58. The minimum atomic E-state index is -0.276. The summed E-state index contributed by atoms with van der Waals surface area (Å²) in [6, 6.07) is 4.87. The van der Waals surface area contributed by atoms with Crippen molar-refractivity contribution in [2.24, 2.45) is 5.73 Å². The highest BCUT2D eigenvalue weighted by atomic mass is 32.2. The average molecular weight is 310 g/mol. The first kappa shape index (κ1) is 15.8. The Morgan fingerprint density at radius 3 is 2.81 bits per heavy atom. The molecule has 7 heteroatoms. The summed E-state index contributed by atoms with van der Waals surface area (Å²) in [5, 5.41) is 8.97. The standard InChI is InChI=1S/C14H19FN4OS/c1-3-6-19-13(8-16)17-18-14(19)21-9-10-4-5-11(20-2)7-12(10)15/h4-5,7H,3,6,8-9,16H2,1-2H3. The van der Waals surface area contributed by atoms with Crippen LogP contribution < -0.4 is 10.5 Å². The summed E-state index contributed by atoms with van der Waals surface area (Å²) in [5.41, 5.74) is 6.26. The highest BCUT2D eigenvalue weighted by Crippen LogP contribution is 2.25. The minimum absolute atomic E-state index is 0.276. The van der Waals surface area contributed by atoms with Crippen LogP contribution >= 0.6 is 11.8 Å². The Morgan fingerprint density at radius 1 is 1.38 bits per heavy atom. The lowest BCUT2D eigenvalue weighted by atomic mass is 10.2. The number of nitrogens with two attached hydrogens (primary N) is 1. The summed E-state index contributed by atoms with van der Waals surface area (Å²) < 4.78 is 20.9. The molecule has 0 unspecified atom stereocenters. The van der Waals surface area contributed by atoms with Gasteiger partial charge in [0.15, 0.2) is 5.16 Å². The van der Waals surface area contributed by atoms with Crippen molar-refractivity contribution < 1.29 is 9.13 Å². The van der Waals surface area contributed by atoms with Crippen LogP contribution in [0.2, 0.25) is 0 Å². The van der Waals surface area contributed by atoms with E-state index < -0.39 is 0 Å². The van der Waals surface area contributed by atoms with Crippen LogP contribution in [-0.2, 0) is 18.8 Å². The van der Waals surface area contributed by atoms with E-state index in [1.165, 1.54) is 24.9 Å². The molecule has 5 nitrogen and oxygen atoms in total. The summed E-state index contributed by atoms with van der Waals surface area (Å²) in [5.74, 6) is 1.49. The van der Waals surface area contributed by atoms with Gasteiger partial charge in [0.1, 0.15) is 17.4 Å². The summed E-state index contributed by atoms with van der Waals surface area (Å²) >= 11 is 1.46. The van der Waals surface area contributed by atoms with E-state index in [9.17, 15) is 4.39 Å². The molecule has 1 aromatic heterocycles. The quantitative estimate of drug-likeness (QED) is 0.796. The van der Waals surface area contributed by atoms with Gasteiger partial charge in [-0.1, -0.05) is 24.8 Å². The molecule has 0 aliphatic heterocycles. The lowest BCUT2D eigenvalue weighted by molar-refractivity contribution is 0.411. The maximum atomic E-state index is 13.9. The van der Waals surface area contributed by atoms with E-state index in [1.807, 2.05) is 4.57 Å². The van der Waals surface area contributed by atoms with Crippen molar-refractivity contribution in [3.8, 4) is 5.75 Å². The highest BCUT2D eigenvalue weighted by Gasteiger charge is 2.12. The molecule has 114 valence electrons. The van der Waals surface area contributed by atoms with Crippen LogP contribution in [0.15, 0.2) is 23.4 Å². The largest absolute Gasteiger partial charge is 0.497 e. The van der Waals surface area contributed by atoms with Crippen LogP contribution in [0.3, 0.4) is 0 Å². The lowest BCUT2D eigenvalue weighted by Crippen LogP contribution is -2.09. The smallest absolute Gasteiger partial charge is 0.191 e. The molecule has 0 spiro atoms. The Bertz CT molecular complexity index is 603. The van der Waals surface area contributed by atoms with E-state index in [0.29, 0.717) is 23.6 Å². The first-order valence-electron chi connectivity index (χ1n) is 6.77. The van der Waals surface area contributed by atoms with Gasteiger partial charge in [0.2, 0.25) is 0 Å². The van der Waals surface area contributed by atoms with Gasteiger partial charge in [0.05, 0.1) is 13.7 Å². The second-order valence-corrected chi connectivity index (χ2v) is 5.44. The number of aromatic nitrogens is 3. The molecular weight excluding hydrogens is 291 g/mol. The van der Waals surface area contributed by atoms with Gasteiger partial charge in [0.25, 0.3) is 0 Å². The van der Waals surface area contributed by atoms with Crippen LogP contribution in [0, 0.1) is 5.82 Å². The fourth-order valence-electron chi connectivity index (χ4n) is 1.94. The van der Waals surface area contributed by atoms with Crippen molar-refractivity contribution in [3.63, 3.8) is 0 Å². The van der Waals surface area contributed by atoms with Gasteiger partial charge >= 0.3 is 0 Å². The van der Waals surface area contributed by atoms with Gasteiger partial charge in [0, 0.05) is 18.4 Å². The minimum Gasteiger partial charge on any atom is -0.497 e. The van der Waals surface area contributed by atoms with E-state index >= 15 is 0 Å². The SMILES string of the molecule is CCCn1c(CN)nnc1SCc1ccc(OC)cc1F. The number of thioether (sulfide) groups is 1. The maximum absolute atomic E-state index is 13.9. The molecule has 0 radical (unpaired) electrons. The lowest BCUT2D eigenvalue weighted by Gasteiger charge is -2.08. The molecule has 2 N–H and O–H groups in total. The molecule has 2 aromatic rings. The normalized spacial score (nSPS) is 10.9. The third kappa shape index (κ3) is 3.74. The van der Waals surface area contributed by atoms with E-state index in [0.717, 1.165) is 23.9 Å². The number of halogens is 1. The molecule has 1 aromatic carbocycles. The number of rotatable bonds is 7. The third-order valence-corrected chi connectivity index (χ3v) is 4.06. The summed E-state index contributed by atoms with van der Waals surface area (Å²) in [6.45, 7) is 3.25. The number of nitrogens with zero attached hydrogens (tertiary/aromatic N) is 3.